The predicted molar refractivity (Wildman–Crippen MR) is 140 cm³/mol. The number of para-hydroxylation sites is 1. The quantitative estimate of drug-likeness (QED) is 0.330. The number of methoxy groups -OCH3 is 2. The van der Waals surface area contributed by atoms with Crippen molar-refractivity contribution in [3.05, 3.63) is 88.7 Å². The maximum Gasteiger partial charge on any atom is 0.279 e. The van der Waals surface area contributed by atoms with E-state index in [0.29, 0.717) is 29.3 Å². The van der Waals surface area contributed by atoms with Gasteiger partial charge in [0.1, 0.15) is 11.3 Å². The van der Waals surface area contributed by atoms with E-state index in [1.54, 1.807) is 14.2 Å². The van der Waals surface area contributed by atoms with Crippen molar-refractivity contribution in [1.82, 2.24) is 8.87 Å². The minimum absolute atomic E-state index is 0.110. The van der Waals surface area contributed by atoms with Crippen LogP contribution in [0.25, 0.3) is 10.2 Å². The first-order chi connectivity index (χ1) is 17.3. The van der Waals surface area contributed by atoms with E-state index in [2.05, 4.69) is 4.99 Å². The molecule has 0 N–H and O–H groups in total. The molecule has 1 amide bonds. The van der Waals surface area contributed by atoms with Crippen molar-refractivity contribution in [1.29, 1.82) is 0 Å². The molecule has 4 rings (SSSR count). The SMILES string of the molecule is COCCn1c(=NC(=O)c2ccc(S(=O)(=O)N(C)Cc3ccccc3)cc2)sc2cccc(OC)c21. The van der Waals surface area contributed by atoms with Crippen LogP contribution in [0.1, 0.15) is 15.9 Å². The molecular formula is C26H27N3O5S2. The van der Waals surface area contributed by atoms with Crippen molar-refractivity contribution in [3.63, 3.8) is 0 Å². The lowest BCUT2D eigenvalue weighted by Gasteiger charge is -2.17. The number of carbonyl (C=O) groups is 1. The van der Waals surface area contributed by atoms with Gasteiger partial charge in [-0.15, -0.1) is 0 Å². The highest BCUT2D eigenvalue weighted by molar-refractivity contribution is 7.89. The topological polar surface area (TPSA) is 90.2 Å². The third-order valence-corrected chi connectivity index (χ3v) is 8.52. The van der Waals surface area contributed by atoms with E-state index in [0.717, 1.165) is 15.8 Å². The van der Waals surface area contributed by atoms with Gasteiger partial charge in [0.25, 0.3) is 5.91 Å². The number of carbonyl (C=O) groups excluding carboxylic acids is 1. The van der Waals surface area contributed by atoms with E-state index < -0.39 is 15.9 Å². The number of rotatable bonds is 9. The minimum Gasteiger partial charge on any atom is -0.495 e. The molecule has 0 bridgehead atoms. The first kappa shape index (κ1) is 25.8. The highest BCUT2D eigenvalue weighted by Crippen LogP contribution is 2.27. The molecule has 1 aromatic heterocycles. The molecule has 0 unspecified atom stereocenters. The monoisotopic (exact) mass is 525 g/mol. The zero-order valence-electron chi connectivity index (χ0n) is 20.2. The second-order valence-electron chi connectivity index (χ2n) is 8.02. The number of thiazole rings is 1. The average molecular weight is 526 g/mol. The van der Waals surface area contributed by atoms with Gasteiger partial charge in [0, 0.05) is 32.8 Å². The summed E-state index contributed by atoms with van der Waals surface area (Å²) in [4.78, 5) is 18.0. The van der Waals surface area contributed by atoms with Gasteiger partial charge in [-0.05, 0) is 42.0 Å². The maximum absolute atomic E-state index is 13.0. The standard InChI is InChI=1S/C26H27N3O5S2/c1-28(18-19-8-5-4-6-9-19)36(31,32)21-14-12-20(13-15-21)25(30)27-26-29(16-17-33-2)24-22(34-3)10-7-11-23(24)35-26/h4-15H,16-18H2,1-3H3. The van der Waals surface area contributed by atoms with Crippen LogP contribution in [0.5, 0.6) is 5.75 Å². The van der Waals surface area contributed by atoms with Crippen molar-refractivity contribution in [2.45, 2.75) is 18.0 Å². The summed E-state index contributed by atoms with van der Waals surface area (Å²) in [5.74, 6) is 0.219. The third kappa shape index (κ3) is 5.41. The van der Waals surface area contributed by atoms with Crippen molar-refractivity contribution >= 4 is 37.5 Å². The van der Waals surface area contributed by atoms with Crippen LogP contribution in [0.15, 0.2) is 82.7 Å². The van der Waals surface area contributed by atoms with E-state index in [1.165, 1.54) is 47.0 Å². The summed E-state index contributed by atoms with van der Waals surface area (Å²) in [5.41, 5.74) is 2.02. The Morgan fingerprint density at radius 1 is 1.00 bits per heavy atom. The summed E-state index contributed by atoms with van der Waals surface area (Å²) in [5, 5.41) is 0. The molecule has 188 valence electrons. The van der Waals surface area contributed by atoms with Crippen LogP contribution in [0.3, 0.4) is 0 Å². The van der Waals surface area contributed by atoms with Crippen molar-refractivity contribution in [2.75, 3.05) is 27.9 Å². The number of sulfonamides is 1. The van der Waals surface area contributed by atoms with Gasteiger partial charge in [-0.25, -0.2) is 8.42 Å². The minimum atomic E-state index is -3.72. The second-order valence-corrected chi connectivity index (χ2v) is 11.1. The molecule has 0 spiro atoms. The molecule has 4 aromatic rings. The Balaban J connectivity index is 1.62. The Morgan fingerprint density at radius 2 is 1.72 bits per heavy atom. The van der Waals surface area contributed by atoms with Crippen LogP contribution < -0.4 is 9.54 Å². The molecule has 0 radical (unpaired) electrons. The first-order valence-electron chi connectivity index (χ1n) is 11.2. The molecule has 0 aliphatic rings. The molecule has 0 atom stereocenters. The number of hydrogen-bond donors (Lipinski definition) is 0. The molecule has 0 saturated heterocycles. The molecule has 3 aromatic carbocycles. The van der Waals surface area contributed by atoms with Crippen LogP contribution in [-0.2, 0) is 27.8 Å². The average Bonchev–Trinajstić information content (AvgIpc) is 3.24. The Labute approximate surface area is 214 Å². The summed E-state index contributed by atoms with van der Waals surface area (Å²) >= 11 is 1.38. The lowest BCUT2D eigenvalue weighted by atomic mass is 10.2. The fraction of sp³-hybridized carbons (Fsp3) is 0.231. The number of amides is 1. The number of benzene rings is 3. The number of fused-ring (bicyclic) bond motifs is 1. The molecular weight excluding hydrogens is 498 g/mol. The Hall–Kier alpha value is -3.31. The number of aromatic nitrogens is 1. The third-order valence-electron chi connectivity index (χ3n) is 5.66. The largest absolute Gasteiger partial charge is 0.495 e. The van der Waals surface area contributed by atoms with Crippen LogP contribution in [0.2, 0.25) is 0 Å². The van der Waals surface area contributed by atoms with E-state index >= 15 is 0 Å². The zero-order valence-corrected chi connectivity index (χ0v) is 21.9. The van der Waals surface area contributed by atoms with Gasteiger partial charge >= 0.3 is 0 Å². The zero-order chi connectivity index (χ0) is 25.7. The molecule has 10 heteroatoms. The first-order valence-corrected chi connectivity index (χ1v) is 13.5. The summed E-state index contributed by atoms with van der Waals surface area (Å²) in [6, 6.07) is 20.9. The molecule has 0 aliphatic carbocycles. The van der Waals surface area contributed by atoms with E-state index in [4.69, 9.17) is 9.47 Å². The summed E-state index contributed by atoms with van der Waals surface area (Å²) < 4.78 is 40.9. The van der Waals surface area contributed by atoms with Crippen molar-refractivity contribution in [3.8, 4) is 5.75 Å². The lowest BCUT2D eigenvalue weighted by molar-refractivity contribution is 0.0997. The molecule has 8 nitrogen and oxygen atoms in total. The number of nitrogens with zero attached hydrogens (tertiary/aromatic N) is 3. The Kier molecular flexibility index (Phi) is 8.00. The fourth-order valence-corrected chi connectivity index (χ4v) is 5.99. The van der Waals surface area contributed by atoms with Gasteiger partial charge in [-0.1, -0.05) is 47.7 Å². The highest BCUT2D eigenvalue weighted by atomic mass is 32.2. The van der Waals surface area contributed by atoms with E-state index in [-0.39, 0.29) is 11.4 Å². The molecule has 0 saturated carbocycles. The van der Waals surface area contributed by atoms with E-state index in [9.17, 15) is 13.2 Å². The van der Waals surface area contributed by atoms with Gasteiger partial charge in [0.2, 0.25) is 10.0 Å². The van der Waals surface area contributed by atoms with Crippen molar-refractivity contribution in [2.24, 2.45) is 4.99 Å². The van der Waals surface area contributed by atoms with Gasteiger partial charge in [-0.3, -0.25) is 4.79 Å². The van der Waals surface area contributed by atoms with Crippen LogP contribution in [0.4, 0.5) is 0 Å². The van der Waals surface area contributed by atoms with Gasteiger partial charge in [-0.2, -0.15) is 9.30 Å². The van der Waals surface area contributed by atoms with Gasteiger partial charge < -0.3 is 14.0 Å². The summed E-state index contributed by atoms with van der Waals surface area (Å²) in [6.45, 7) is 1.18. The fourth-order valence-electron chi connectivity index (χ4n) is 3.76. The van der Waals surface area contributed by atoms with Crippen LogP contribution in [0, 0.1) is 0 Å². The van der Waals surface area contributed by atoms with Crippen LogP contribution in [-0.4, -0.2) is 51.1 Å². The van der Waals surface area contributed by atoms with Crippen molar-refractivity contribution < 1.29 is 22.7 Å². The van der Waals surface area contributed by atoms with Gasteiger partial charge in [0.05, 0.1) is 23.3 Å². The summed E-state index contributed by atoms with van der Waals surface area (Å²) in [6.07, 6.45) is 0. The predicted octanol–water partition coefficient (Wildman–Crippen LogP) is 3.92. The lowest BCUT2D eigenvalue weighted by Crippen LogP contribution is -2.26. The smallest absolute Gasteiger partial charge is 0.279 e. The van der Waals surface area contributed by atoms with E-state index in [1.807, 2.05) is 53.1 Å². The number of ether oxygens (including phenoxy) is 2. The van der Waals surface area contributed by atoms with Gasteiger partial charge in [0.15, 0.2) is 4.80 Å². The Morgan fingerprint density at radius 3 is 2.39 bits per heavy atom. The summed E-state index contributed by atoms with van der Waals surface area (Å²) in [7, 11) is 1.03. The van der Waals surface area contributed by atoms with Crippen LogP contribution >= 0.6 is 11.3 Å². The Bertz CT molecular complexity index is 1530. The maximum atomic E-state index is 13.0. The molecule has 36 heavy (non-hydrogen) atoms. The molecule has 0 fully saturated rings. The molecule has 1 heterocycles. The second kappa shape index (κ2) is 11.2. The highest BCUT2D eigenvalue weighted by Gasteiger charge is 2.21. The molecule has 0 aliphatic heterocycles. The number of hydrogen-bond acceptors (Lipinski definition) is 6. The normalized spacial score (nSPS) is 12.4.